The lowest BCUT2D eigenvalue weighted by Crippen LogP contribution is -2.20. The van der Waals surface area contributed by atoms with Crippen molar-refractivity contribution in [2.24, 2.45) is 0 Å². The summed E-state index contributed by atoms with van der Waals surface area (Å²) in [6, 6.07) is 14.5. The molecule has 0 aliphatic heterocycles. The van der Waals surface area contributed by atoms with Crippen LogP contribution in [0.5, 0.6) is 0 Å². The summed E-state index contributed by atoms with van der Waals surface area (Å²) in [5.41, 5.74) is 3.74. The second kappa shape index (κ2) is 10.6. The number of rotatable bonds is 9. The average molecular weight is 440 g/mol. The maximum atomic E-state index is 13.6. The van der Waals surface area contributed by atoms with Crippen LogP contribution in [0.25, 0.3) is 28.1 Å². The van der Waals surface area contributed by atoms with Crippen LogP contribution in [0.4, 0.5) is 4.39 Å². The molecule has 6 heteroatoms. The molecule has 32 heavy (non-hydrogen) atoms. The molecule has 0 saturated heterocycles. The van der Waals surface area contributed by atoms with Crippen molar-refractivity contribution in [1.29, 1.82) is 0 Å². The van der Waals surface area contributed by atoms with Gasteiger partial charge in [0.05, 0.1) is 25.2 Å². The predicted octanol–water partition coefficient (Wildman–Crippen LogP) is 5.11. The highest BCUT2D eigenvalue weighted by Gasteiger charge is 2.19. The van der Waals surface area contributed by atoms with E-state index in [4.69, 9.17) is 4.74 Å². The van der Waals surface area contributed by atoms with Crippen molar-refractivity contribution in [1.82, 2.24) is 4.57 Å². The van der Waals surface area contributed by atoms with Crippen LogP contribution in [0.3, 0.4) is 0 Å². The second-order valence-electron chi connectivity index (χ2n) is 8.07. The fraction of sp³-hybridized carbons (Fsp3) is 0.346. The number of hydrogen-bond donors (Lipinski definition) is 2. The molecule has 0 spiro atoms. The first-order valence-electron chi connectivity index (χ1n) is 10.9. The molecule has 2 unspecified atom stereocenters. The summed E-state index contributed by atoms with van der Waals surface area (Å²) in [5, 5.41) is 21.6. The Bertz CT molecular complexity index is 1090. The molecular weight excluding hydrogens is 409 g/mol. The summed E-state index contributed by atoms with van der Waals surface area (Å²) >= 11 is 0. The lowest BCUT2D eigenvalue weighted by molar-refractivity contribution is -0.145. The first-order valence-corrected chi connectivity index (χ1v) is 10.9. The van der Waals surface area contributed by atoms with Crippen LogP contribution < -0.4 is 0 Å². The van der Waals surface area contributed by atoms with E-state index in [0.29, 0.717) is 0 Å². The maximum Gasteiger partial charge on any atom is 0.308 e. The Hall–Kier alpha value is -2.96. The summed E-state index contributed by atoms with van der Waals surface area (Å²) in [6.45, 7) is 6.11. The van der Waals surface area contributed by atoms with Crippen molar-refractivity contribution in [3.05, 3.63) is 66.1 Å². The molecule has 0 amide bonds. The number of para-hydroxylation sites is 1. The number of carbonyl (C=O) groups excluding carboxylic acids is 1. The Kier molecular flexibility index (Phi) is 7.83. The fourth-order valence-corrected chi connectivity index (χ4v) is 3.98. The average Bonchev–Trinajstić information content (AvgIpc) is 3.07. The van der Waals surface area contributed by atoms with Crippen molar-refractivity contribution < 1.29 is 24.1 Å². The lowest BCUT2D eigenvalue weighted by Gasteiger charge is -2.15. The molecule has 1 heterocycles. The third kappa shape index (κ3) is 5.44. The van der Waals surface area contributed by atoms with Gasteiger partial charge in [-0.2, -0.15) is 0 Å². The monoisotopic (exact) mass is 439 g/mol. The van der Waals surface area contributed by atoms with E-state index in [2.05, 4.69) is 18.4 Å². The summed E-state index contributed by atoms with van der Waals surface area (Å²) < 4.78 is 20.6. The second-order valence-corrected chi connectivity index (χ2v) is 8.07. The summed E-state index contributed by atoms with van der Waals surface area (Å²) in [4.78, 5) is 11.5. The van der Waals surface area contributed by atoms with Gasteiger partial charge in [-0.1, -0.05) is 36.4 Å². The first kappa shape index (κ1) is 23.7. The predicted molar refractivity (Wildman–Crippen MR) is 125 cm³/mol. The minimum Gasteiger partial charge on any atom is -0.466 e. The number of aromatic nitrogens is 1. The van der Waals surface area contributed by atoms with Crippen molar-refractivity contribution in [2.75, 3.05) is 6.61 Å². The highest BCUT2D eigenvalue weighted by Crippen LogP contribution is 2.38. The topological polar surface area (TPSA) is 71.7 Å². The third-order valence-electron chi connectivity index (χ3n) is 5.30. The van der Waals surface area contributed by atoms with E-state index in [0.717, 1.165) is 27.7 Å². The zero-order chi connectivity index (χ0) is 23.3. The van der Waals surface area contributed by atoms with E-state index in [1.807, 2.05) is 30.3 Å². The van der Waals surface area contributed by atoms with Crippen LogP contribution in [0.15, 0.2) is 54.6 Å². The molecule has 0 bridgehead atoms. The summed E-state index contributed by atoms with van der Waals surface area (Å²) in [5.74, 6) is -0.792. The van der Waals surface area contributed by atoms with Gasteiger partial charge in [-0.05, 0) is 50.6 Å². The molecule has 2 aromatic carbocycles. The number of nitrogens with zero attached hydrogens (tertiary/aromatic N) is 1. The lowest BCUT2D eigenvalue weighted by atomic mass is 10.0. The number of aliphatic hydroxyl groups is 2. The number of benzene rings is 2. The van der Waals surface area contributed by atoms with Crippen LogP contribution in [0.1, 0.15) is 45.3 Å². The number of carbonyl (C=O) groups is 1. The maximum absolute atomic E-state index is 13.6. The van der Waals surface area contributed by atoms with Crippen LogP contribution in [-0.4, -0.2) is 39.6 Å². The molecule has 2 atom stereocenters. The van der Waals surface area contributed by atoms with Gasteiger partial charge in [0.25, 0.3) is 0 Å². The molecule has 1 aromatic heterocycles. The van der Waals surface area contributed by atoms with Crippen LogP contribution in [0.2, 0.25) is 0 Å². The van der Waals surface area contributed by atoms with Crippen molar-refractivity contribution in [3.63, 3.8) is 0 Å². The van der Waals surface area contributed by atoms with Crippen LogP contribution in [-0.2, 0) is 9.53 Å². The molecule has 170 valence electrons. The Morgan fingerprint density at radius 1 is 1.12 bits per heavy atom. The zero-order valence-electron chi connectivity index (χ0n) is 18.7. The molecule has 2 N–H and O–H groups in total. The minimum absolute atomic E-state index is 0.0170. The van der Waals surface area contributed by atoms with Gasteiger partial charge < -0.3 is 19.5 Å². The standard InChI is InChI=1S/C26H30FNO4/c1-4-32-25(31)16-21(30)15-20(29)13-14-24-26(18-9-11-19(27)12-10-18)22-7-5-6-8-23(22)28(24)17(2)3/h5-14,17,20-21,29-30H,4,15-16H2,1-3H3. The number of esters is 1. The SMILES string of the molecule is CCOC(=O)CC(O)CC(O)C=Cc1c(-c2ccc(F)cc2)c2ccccc2n1C(C)C. The molecule has 0 aliphatic carbocycles. The molecule has 0 saturated carbocycles. The number of aliphatic hydroxyl groups excluding tert-OH is 2. The first-order chi connectivity index (χ1) is 15.3. The Balaban J connectivity index is 1.97. The van der Waals surface area contributed by atoms with Gasteiger partial charge in [0.2, 0.25) is 0 Å². The molecule has 0 aliphatic rings. The molecule has 3 rings (SSSR count). The van der Waals surface area contributed by atoms with Gasteiger partial charge in [0, 0.05) is 34.6 Å². The molecule has 5 nitrogen and oxygen atoms in total. The minimum atomic E-state index is -0.999. The fourth-order valence-electron chi connectivity index (χ4n) is 3.98. The van der Waals surface area contributed by atoms with E-state index in [9.17, 15) is 19.4 Å². The van der Waals surface area contributed by atoms with Crippen LogP contribution in [0, 0.1) is 5.82 Å². The van der Waals surface area contributed by atoms with Gasteiger partial charge in [-0.3, -0.25) is 4.79 Å². The molecular formula is C26H30FNO4. The van der Waals surface area contributed by atoms with E-state index < -0.39 is 18.2 Å². The van der Waals surface area contributed by atoms with E-state index in [1.54, 1.807) is 25.1 Å². The van der Waals surface area contributed by atoms with Gasteiger partial charge in [0.15, 0.2) is 0 Å². The third-order valence-corrected chi connectivity index (χ3v) is 5.30. The summed E-state index contributed by atoms with van der Waals surface area (Å²) in [6.07, 6.45) is 1.37. The molecule has 0 radical (unpaired) electrons. The van der Waals surface area contributed by atoms with Gasteiger partial charge in [0.1, 0.15) is 5.82 Å². The van der Waals surface area contributed by atoms with E-state index in [-0.39, 0.29) is 31.3 Å². The smallest absolute Gasteiger partial charge is 0.308 e. The normalized spacial score (nSPS) is 13.7. The zero-order valence-corrected chi connectivity index (χ0v) is 18.7. The van der Waals surface area contributed by atoms with E-state index >= 15 is 0 Å². The number of halogens is 1. The number of ether oxygens (including phenoxy) is 1. The van der Waals surface area contributed by atoms with Crippen molar-refractivity contribution in [3.8, 4) is 11.1 Å². The Labute approximate surface area is 187 Å². The largest absolute Gasteiger partial charge is 0.466 e. The van der Waals surface area contributed by atoms with Crippen molar-refractivity contribution >= 4 is 22.9 Å². The highest BCUT2D eigenvalue weighted by atomic mass is 19.1. The van der Waals surface area contributed by atoms with Crippen LogP contribution >= 0.6 is 0 Å². The quantitative estimate of drug-likeness (QED) is 0.455. The Morgan fingerprint density at radius 2 is 1.81 bits per heavy atom. The van der Waals surface area contributed by atoms with E-state index in [1.165, 1.54) is 12.1 Å². The van der Waals surface area contributed by atoms with Gasteiger partial charge in [-0.25, -0.2) is 4.39 Å². The number of hydrogen-bond acceptors (Lipinski definition) is 4. The Morgan fingerprint density at radius 3 is 2.47 bits per heavy atom. The van der Waals surface area contributed by atoms with Crippen molar-refractivity contribution in [2.45, 2.75) is 51.9 Å². The molecule has 0 fully saturated rings. The van der Waals surface area contributed by atoms with Gasteiger partial charge in [-0.15, -0.1) is 0 Å². The summed E-state index contributed by atoms with van der Waals surface area (Å²) in [7, 11) is 0. The highest BCUT2D eigenvalue weighted by molar-refractivity contribution is 6.01. The van der Waals surface area contributed by atoms with Gasteiger partial charge >= 0.3 is 5.97 Å². The molecule has 3 aromatic rings. The number of fused-ring (bicyclic) bond motifs is 1.